The molecule has 3 rings (SSSR count). The third-order valence-electron chi connectivity index (χ3n) is 5.90. The highest BCUT2D eigenvalue weighted by atomic mass is 19.4. The summed E-state index contributed by atoms with van der Waals surface area (Å²) in [7, 11) is 1.40. The molecule has 1 aliphatic heterocycles. The number of carbonyl (C=O) groups excluding carboxylic acids is 1. The number of hydrogen-bond donors (Lipinski definition) is 3. The maximum atomic E-state index is 13.3. The van der Waals surface area contributed by atoms with Crippen LogP contribution in [0.5, 0.6) is 5.75 Å². The van der Waals surface area contributed by atoms with Crippen LogP contribution in [0.1, 0.15) is 31.9 Å². The van der Waals surface area contributed by atoms with Gasteiger partial charge in [0, 0.05) is 20.6 Å². The Labute approximate surface area is 201 Å². The van der Waals surface area contributed by atoms with Gasteiger partial charge in [-0.15, -0.1) is 0 Å². The van der Waals surface area contributed by atoms with E-state index < -0.39 is 41.9 Å². The predicted molar refractivity (Wildman–Crippen MR) is 122 cm³/mol. The van der Waals surface area contributed by atoms with Gasteiger partial charge in [-0.2, -0.15) is 13.2 Å². The minimum absolute atomic E-state index is 0.218. The van der Waals surface area contributed by atoms with Crippen LogP contribution in [-0.2, 0) is 26.9 Å². The van der Waals surface area contributed by atoms with Crippen molar-refractivity contribution in [2.75, 3.05) is 13.7 Å². The number of carbonyl (C=O) groups is 1. The molecular weight excluding hydrogens is 467 g/mol. The lowest BCUT2D eigenvalue weighted by molar-refractivity contribution is -0.305. The molecule has 1 amide bonds. The summed E-state index contributed by atoms with van der Waals surface area (Å²) >= 11 is 0. The Morgan fingerprint density at radius 2 is 1.86 bits per heavy atom. The van der Waals surface area contributed by atoms with Crippen molar-refractivity contribution in [2.24, 2.45) is 0 Å². The first-order valence-electron chi connectivity index (χ1n) is 11.1. The minimum atomic E-state index is -4.51. The second-order valence-electron chi connectivity index (χ2n) is 8.98. The highest BCUT2D eigenvalue weighted by molar-refractivity contribution is 5.73. The van der Waals surface area contributed by atoms with Crippen LogP contribution in [0.15, 0.2) is 42.5 Å². The largest absolute Gasteiger partial charge is 0.462 e. The zero-order chi connectivity index (χ0) is 26.0. The second kappa shape index (κ2) is 10.5. The zero-order valence-corrected chi connectivity index (χ0v) is 19.9. The summed E-state index contributed by atoms with van der Waals surface area (Å²) in [6.45, 7) is 5.05. The van der Waals surface area contributed by atoms with Crippen LogP contribution < -0.4 is 10.1 Å². The number of hydrogen-bond acceptors (Lipinski definition) is 6. The molecule has 2 aromatic carbocycles. The van der Waals surface area contributed by atoms with Crippen molar-refractivity contribution in [3.63, 3.8) is 0 Å². The van der Waals surface area contributed by atoms with E-state index in [1.165, 1.54) is 20.1 Å². The molecule has 0 radical (unpaired) electrons. The van der Waals surface area contributed by atoms with E-state index in [1.54, 1.807) is 38.1 Å². The molecule has 0 aromatic heterocycles. The topological polar surface area (TPSA) is 97.3 Å². The Hall–Kier alpha value is -2.66. The fourth-order valence-electron chi connectivity index (χ4n) is 4.19. The quantitative estimate of drug-likeness (QED) is 0.543. The van der Waals surface area contributed by atoms with Crippen molar-refractivity contribution in [1.29, 1.82) is 0 Å². The minimum Gasteiger partial charge on any atom is -0.462 e. The number of aliphatic hydroxyl groups is 2. The van der Waals surface area contributed by atoms with Gasteiger partial charge in [-0.05, 0) is 61.2 Å². The zero-order valence-electron chi connectivity index (χ0n) is 19.9. The molecule has 1 fully saturated rings. The molecule has 4 atom stereocenters. The predicted octanol–water partition coefficient (Wildman–Crippen LogP) is 3.30. The smallest absolute Gasteiger partial charge is 0.416 e. The summed E-state index contributed by atoms with van der Waals surface area (Å²) in [4.78, 5) is 11.3. The van der Waals surface area contributed by atoms with Crippen molar-refractivity contribution in [1.82, 2.24) is 5.32 Å². The highest BCUT2D eigenvalue weighted by Gasteiger charge is 2.50. The van der Waals surface area contributed by atoms with E-state index in [4.69, 9.17) is 14.2 Å². The first kappa shape index (κ1) is 26.9. The summed E-state index contributed by atoms with van der Waals surface area (Å²) in [5, 5.41) is 23.7. The molecule has 0 unspecified atom stereocenters. The molecule has 7 nitrogen and oxygen atoms in total. The normalized spacial score (nSPS) is 24.1. The number of benzene rings is 2. The van der Waals surface area contributed by atoms with Crippen LogP contribution in [-0.4, -0.2) is 60.0 Å². The third kappa shape index (κ3) is 6.32. The van der Waals surface area contributed by atoms with Crippen LogP contribution in [0, 0.1) is 0 Å². The van der Waals surface area contributed by atoms with E-state index in [2.05, 4.69) is 5.32 Å². The Morgan fingerprint density at radius 3 is 2.49 bits per heavy atom. The lowest BCUT2D eigenvalue weighted by Crippen LogP contribution is -2.63. The standard InChI is InChI=1S/C25H30F3NO6/c1-14(30)29-11-10-15-8-9-18(13-19(15)16-6-5-7-17(12-16)25(26,27)28)34-23-21(32)20(31)22(33-4)24(2,3)35-23/h5-9,12-13,20-23,31-32H,10-11H2,1-4H3,(H,29,30)/t20-,21+,22+,23+/m0/s1. The number of aliphatic hydroxyl groups excluding tert-OH is 2. The van der Waals surface area contributed by atoms with Crippen molar-refractivity contribution in [2.45, 2.75) is 63.6 Å². The molecule has 0 aliphatic carbocycles. The Kier molecular flexibility index (Phi) is 8.10. The summed E-state index contributed by atoms with van der Waals surface area (Å²) < 4.78 is 56.9. The van der Waals surface area contributed by atoms with Gasteiger partial charge in [-0.3, -0.25) is 4.79 Å². The van der Waals surface area contributed by atoms with E-state index >= 15 is 0 Å². The first-order valence-corrected chi connectivity index (χ1v) is 11.1. The van der Waals surface area contributed by atoms with Gasteiger partial charge in [0.15, 0.2) is 0 Å². The van der Waals surface area contributed by atoms with Gasteiger partial charge in [-0.1, -0.05) is 18.2 Å². The van der Waals surface area contributed by atoms with Gasteiger partial charge < -0.3 is 29.7 Å². The summed E-state index contributed by atoms with van der Waals surface area (Å²) in [5.74, 6) is 0.00754. The van der Waals surface area contributed by atoms with E-state index in [9.17, 15) is 28.2 Å². The van der Waals surface area contributed by atoms with Gasteiger partial charge >= 0.3 is 6.18 Å². The summed E-state index contributed by atoms with van der Waals surface area (Å²) in [5.41, 5.74) is -0.307. The Morgan fingerprint density at radius 1 is 1.14 bits per heavy atom. The van der Waals surface area contributed by atoms with Crippen molar-refractivity contribution >= 4 is 5.91 Å². The number of halogens is 3. The number of nitrogens with one attached hydrogen (secondary N) is 1. The molecule has 1 heterocycles. The molecule has 1 aliphatic rings. The van der Waals surface area contributed by atoms with Crippen molar-refractivity contribution < 1.29 is 42.4 Å². The molecule has 10 heteroatoms. The molecule has 0 saturated carbocycles. The van der Waals surface area contributed by atoms with Crippen LogP contribution in [0.25, 0.3) is 11.1 Å². The lowest BCUT2D eigenvalue weighted by Gasteiger charge is -2.46. The number of methoxy groups -OCH3 is 1. The molecule has 192 valence electrons. The van der Waals surface area contributed by atoms with E-state index in [1.807, 2.05) is 0 Å². The second-order valence-corrected chi connectivity index (χ2v) is 8.98. The fourth-order valence-corrected chi connectivity index (χ4v) is 4.19. The summed E-state index contributed by atoms with van der Waals surface area (Å²) in [6.07, 6.45) is -8.90. The van der Waals surface area contributed by atoms with Gasteiger partial charge in [-0.25, -0.2) is 0 Å². The SMILES string of the molecule is CO[C@@H]1[C@@H](O)[C@@H](O)[C@H](Oc2ccc(CCNC(C)=O)c(-c3cccc(C(F)(F)F)c3)c2)OC1(C)C. The molecule has 0 spiro atoms. The fraction of sp³-hybridized carbons (Fsp3) is 0.480. The molecule has 2 aromatic rings. The van der Waals surface area contributed by atoms with Crippen LogP contribution in [0.3, 0.4) is 0 Å². The van der Waals surface area contributed by atoms with Crippen LogP contribution in [0.4, 0.5) is 13.2 Å². The Bertz CT molecular complexity index is 1040. The highest BCUT2D eigenvalue weighted by Crippen LogP contribution is 2.36. The molecular formula is C25H30F3NO6. The number of alkyl halides is 3. The number of rotatable bonds is 7. The molecule has 3 N–H and O–H groups in total. The maximum absolute atomic E-state index is 13.3. The average molecular weight is 498 g/mol. The molecule has 35 heavy (non-hydrogen) atoms. The third-order valence-corrected chi connectivity index (χ3v) is 5.90. The van der Waals surface area contributed by atoms with Gasteiger partial charge in [0.2, 0.25) is 12.2 Å². The van der Waals surface area contributed by atoms with Gasteiger partial charge in [0.25, 0.3) is 0 Å². The number of amides is 1. The average Bonchev–Trinajstić information content (AvgIpc) is 2.77. The Balaban J connectivity index is 1.95. The molecule has 1 saturated heterocycles. The molecule has 0 bridgehead atoms. The van der Waals surface area contributed by atoms with Crippen molar-refractivity contribution in [3.05, 3.63) is 53.6 Å². The van der Waals surface area contributed by atoms with E-state index in [-0.39, 0.29) is 11.7 Å². The number of ether oxygens (including phenoxy) is 3. The van der Waals surface area contributed by atoms with Gasteiger partial charge in [0.05, 0.1) is 11.2 Å². The van der Waals surface area contributed by atoms with Crippen LogP contribution in [0.2, 0.25) is 0 Å². The van der Waals surface area contributed by atoms with Crippen LogP contribution >= 0.6 is 0 Å². The van der Waals surface area contributed by atoms with Crippen molar-refractivity contribution in [3.8, 4) is 16.9 Å². The van der Waals surface area contributed by atoms with E-state index in [0.29, 0.717) is 29.7 Å². The maximum Gasteiger partial charge on any atom is 0.416 e. The van der Waals surface area contributed by atoms with Gasteiger partial charge in [0.1, 0.15) is 24.1 Å². The lowest BCUT2D eigenvalue weighted by atomic mass is 9.89. The summed E-state index contributed by atoms with van der Waals surface area (Å²) in [6, 6.07) is 9.74. The first-order chi connectivity index (χ1) is 16.3. The van der Waals surface area contributed by atoms with E-state index in [0.717, 1.165) is 12.1 Å². The monoisotopic (exact) mass is 497 g/mol.